The third kappa shape index (κ3) is 4.71. The molecule has 0 aliphatic heterocycles. The molecule has 7 nitrogen and oxygen atoms in total. The fourth-order valence-electron chi connectivity index (χ4n) is 1.56. The molecule has 1 rings (SSSR count). The zero-order chi connectivity index (χ0) is 15.2. The van der Waals surface area contributed by atoms with E-state index in [9.17, 15) is 13.2 Å². The van der Waals surface area contributed by atoms with Crippen molar-refractivity contribution in [2.75, 3.05) is 18.4 Å². The maximum atomic E-state index is 11.8. The van der Waals surface area contributed by atoms with Gasteiger partial charge in [-0.2, -0.15) is 8.42 Å². The Labute approximate surface area is 118 Å². The number of rotatable bonds is 6. The lowest BCUT2D eigenvalue weighted by Crippen LogP contribution is -2.36. The van der Waals surface area contributed by atoms with E-state index in [1.807, 2.05) is 6.92 Å². The number of amides is 1. The molecule has 0 aliphatic rings. The molecule has 1 aromatic rings. The zero-order valence-corrected chi connectivity index (χ0v) is 12.5. The van der Waals surface area contributed by atoms with Crippen molar-refractivity contribution < 1.29 is 17.9 Å². The minimum absolute atomic E-state index is 0.0449. The van der Waals surface area contributed by atoms with Crippen molar-refractivity contribution in [3.05, 3.63) is 29.8 Å². The Morgan fingerprint density at radius 1 is 1.35 bits per heavy atom. The fraction of sp³-hybridized carbons (Fsp3) is 0.417. The lowest BCUT2D eigenvalue weighted by Gasteiger charge is -2.17. The lowest BCUT2D eigenvalue weighted by atomic mass is 10.1. The summed E-state index contributed by atoms with van der Waals surface area (Å²) in [7, 11) is -2.25. The molecule has 20 heavy (non-hydrogen) atoms. The van der Waals surface area contributed by atoms with Gasteiger partial charge in [-0.05, 0) is 32.5 Å². The third-order valence-electron chi connectivity index (χ3n) is 2.60. The van der Waals surface area contributed by atoms with Crippen molar-refractivity contribution in [3.8, 4) is 0 Å². The first-order chi connectivity index (χ1) is 9.39. The topological polar surface area (TPSA) is 96.5 Å². The van der Waals surface area contributed by atoms with Gasteiger partial charge in [0.2, 0.25) is 0 Å². The highest BCUT2D eigenvalue weighted by atomic mass is 32.2. The van der Waals surface area contributed by atoms with Gasteiger partial charge in [0.05, 0.1) is 12.3 Å². The molecule has 3 N–H and O–H groups in total. The predicted octanol–water partition coefficient (Wildman–Crippen LogP) is 1.37. The summed E-state index contributed by atoms with van der Waals surface area (Å²) in [6, 6.07) is 6.88. The second kappa shape index (κ2) is 7.11. The first-order valence-electron chi connectivity index (χ1n) is 6.13. The number of carbonyl (C=O) groups is 1. The molecule has 1 atom stereocenters. The summed E-state index contributed by atoms with van der Waals surface area (Å²) in [5.41, 5.74) is 1.16. The molecule has 0 radical (unpaired) electrons. The molecule has 0 bridgehead atoms. The second-order valence-electron chi connectivity index (χ2n) is 4.03. The summed E-state index contributed by atoms with van der Waals surface area (Å²) in [6.45, 7) is 3.57. The van der Waals surface area contributed by atoms with Crippen LogP contribution in [0.1, 0.15) is 25.5 Å². The van der Waals surface area contributed by atoms with E-state index in [0.717, 1.165) is 5.56 Å². The summed E-state index contributed by atoms with van der Waals surface area (Å²) < 4.78 is 32.2. The van der Waals surface area contributed by atoms with Crippen LogP contribution in [-0.2, 0) is 14.9 Å². The van der Waals surface area contributed by atoms with Gasteiger partial charge in [0.15, 0.2) is 0 Å². The molecule has 0 saturated carbocycles. The van der Waals surface area contributed by atoms with Crippen LogP contribution in [0.3, 0.4) is 0 Å². The largest absolute Gasteiger partial charge is 0.449 e. The summed E-state index contributed by atoms with van der Waals surface area (Å²) in [5, 5.41) is 3.02. The van der Waals surface area contributed by atoms with E-state index in [1.54, 1.807) is 43.0 Å². The quantitative estimate of drug-likeness (QED) is 0.737. The molecule has 1 amide bonds. The minimum atomic E-state index is -4.02. The molecule has 1 aromatic carbocycles. The van der Waals surface area contributed by atoms with Crippen molar-refractivity contribution in [2.45, 2.75) is 19.9 Å². The number of nitrogens with one attached hydrogen (secondary N) is 3. The van der Waals surface area contributed by atoms with Crippen LogP contribution in [-0.4, -0.2) is 28.2 Å². The van der Waals surface area contributed by atoms with Crippen LogP contribution in [0, 0.1) is 0 Å². The Bertz CT molecular complexity index is 560. The van der Waals surface area contributed by atoms with E-state index < -0.39 is 16.3 Å². The number of hydrogen-bond donors (Lipinski definition) is 3. The van der Waals surface area contributed by atoms with Gasteiger partial charge in [0, 0.05) is 6.04 Å². The molecule has 0 aliphatic carbocycles. The van der Waals surface area contributed by atoms with Crippen LogP contribution >= 0.6 is 0 Å². The lowest BCUT2D eigenvalue weighted by molar-refractivity contribution is 0.159. The molecule has 1 unspecified atom stereocenters. The Morgan fingerprint density at radius 3 is 2.60 bits per heavy atom. The van der Waals surface area contributed by atoms with Gasteiger partial charge in [-0.3, -0.25) is 4.72 Å². The van der Waals surface area contributed by atoms with Crippen molar-refractivity contribution >= 4 is 22.0 Å². The van der Waals surface area contributed by atoms with E-state index in [2.05, 4.69) is 14.8 Å². The smallest absolute Gasteiger partial charge is 0.422 e. The number of ether oxygens (including phenoxy) is 1. The van der Waals surface area contributed by atoms with Gasteiger partial charge in [-0.1, -0.05) is 18.2 Å². The van der Waals surface area contributed by atoms with E-state index in [-0.39, 0.29) is 12.6 Å². The van der Waals surface area contributed by atoms with Gasteiger partial charge in [0.1, 0.15) is 0 Å². The molecule has 112 valence electrons. The molecule has 0 spiro atoms. The Hall–Kier alpha value is -1.80. The summed E-state index contributed by atoms with van der Waals surface area (Å²) in [5.74, 6) is 0. The maximum Gasteiger partial charge on any atom is 0.422 e. The molecular weight excluding hydrogens is 282 g/mol. The average Bonchev–Trinajstić information content (AvgIpc) is 2.37. The van der Waals surface area contributed by atoms with Gasteiger partial charge >= 0.3 is 16.3 Å². The highest BCUT2D eigenvalue weighted by molar-refractivity contribution is 7.91. The average molecular weight is 301 g/mol. The van der Waals surface area contributed by atoms with E-state index in [1.165, 1.54) is 0 Å². The fourth-order valence-corrected chi connectivity index (χ4v) is 2.37. The SMILES string of the molecule is CCOC(=O)NS(=O)(=O)Nc1ccccc1C(C)NC. The van der Waals surface area contributed by atoms with Crippen molar-refractivity contribution in [1.82, 2.24) is 10.0 Å². The normalized spacial score (nSPS) is 12.6. The van der Waals surface area contributed by atoms with E-state index in [4.69, 9.17) is 0 Å². The molecule has 0 heterocycles. The van der Waals surface area contributed by atoms with Crippen LogP contribution in [0.5, 0.6) is 0 Å². The van der Waals surface area contributed by atoms with Gasteiger partial charge < -0.3 is 10.1 Å². The van der Waals surface area contributed by atoms with Gasteiger partial charge in [-0.15, -0.1) is 0 Å². The highest BCUT2D eigenvalue weighted by Gasteiger charge is 2.17. The van der Waals surface area contributed by atoms with Crippen molar-refractivity contribution in [3.63, 3.8) is 0 Å². The third-order valence-corrected chi connectivity index (χ3v) is 3.52. The Kier molecular flexibility index (Phi) is 5.78. The van der Waals surface area contributed by atoms with Crippen LogP contribution in [0.4, 0.5) is 10.5 Å². The van der Waals surface area contributed by atoms with Crippen molar-refractivity contribution in [1.29, 1.82) is 0 Å². The number of carbonyl (C=O) groups excluding carboxylic acids is 1. The monoisotopic (exact) mass is 301 g/mol. The predicted molar refractivity (Wildman–Crippen MR) is 76.6 cm³/mol. The molecule has 0 saturated heterocycles. The second-order valence-corrected chi connectivity index (χ2v) is 5.44. The maximum absolute atomic E-state index is 11.8. The van der Waals surface area contributed by atoms with E-state index in [0.29, 0.717) is 5.69 Å². The summed E-state index contributed by atoms with van der Waals surface area (Å²) in [4.78, 5) is 11.2. The molecule has 0 fully saturated rings. The number of anilines is 1. The van der Waals surface area contributed by atoms with Crippen LogP contribution in [0.25, 0.3) is 0 Å². The number of benzene rings is 1. The molecule has 0 aromatic heterocycles. The summed E-state index contributed by atoms with van der Waals surface area (Å²) >= 11 is 0. The van der Waals surface area contributed by atoms with Crippen LogP contribution in [0.15, 0.2) is 24.3 Å². The summed E-state index contributed by atoms with van der Waals surface area (Å²) in [6.07, 6.45) is -1.01. The standard InChI is InChI=1S/C12H19N3O4S/c1-4-19-12(16)15-20(17,18)14-11-8-6-5-7-10(11)9(2)13-3/h5-9,13-14H,4H2,1-3H3,(H,15,16). The Balaban J connectivity index is 2.90. The molecular formula is C12H19N3O4S. The van der Waals surface area contributed by atoms with Gasteiger partial charge in [0.25, 0.3) is 0 Å². The minimum Gasteiger partial charge on any atom is -0.449 e. The highest BCUT2D eigenvalue weighted by Crippen LogP contribution is 2.22. The van der Waals surface area contributed by atoms with Crippen LogP contribution in [0.2, 0.25) is 0 Å². The first-order valence-corrected chi connectivity index (χ1v) is 7.61. The van der Waals surface area contributed by atoms with Crippen molar-refractivity contribution in [2.24, 2.45) is 0 Å². The zero-order valence-electron chi connectivity index (χ0n) is 11.6. The van der Waals surface area contributed by atoms with Crippen LogP contribution < -0.4 is 14.8 Å². The van der Waals surface area contributed by atoms with E-state index >= 15 is 0 Å². The molecule has 8 heteroatoms. The number of hydrogen-bond acceptors (Lipinski definition) is 5. The number of para-hydroxylation sites is 1. The Morgan fingerprint density at radius 2 is 2.00 bits per heavy atom. The van der Waals surface area contributed by atoms with Gasteiger partial charge in [-0.25, -0.2) is 9.52 Å². The first kappa shape index (κ1) is 16.3.